The smallest absolute Gasteiger partial charge is 0.205 e. The normalized spacial score (nSPS) is 11.9. The molecule has 0 bridgehead atoms. The van der Waals surface area contributed by atoms with E-state index >= 15 is 0 Å². The molecule has 5 heteroatoms. The van der Waals surface area contributed by atoms with Crippen molar-refractivity contribution in [2.45, 2.75) is 6.10 Å². The first-order valence-corrected chi connectivity index (χ1v) is 6.69. The minimum Gasteiger partial charge on any atom is -0.480 e. The Morgan fingerprint density at radius 3 is 2.40 bits per heavy atom. The van der Waals surface area contributed by atoms with Crippen molar-refractivity contribution in [3.63, 3.8) is 0 Å². The fourth-order valence-corrected chi connectivity index (χ4v) is 1.96. The largest absolute Gasteiger partial charge is 0.480 e. The van der Waals surface area contributed by atoms with Gasteiger partial charge >= 0.3 is 0 Å². The van der Waals surface area contributed by atoms with Crippen molar-refractivity contribution in [1.82, 2.24) is 0 Å². The molecule has 104 valence electrons. The zero-order chi connectivity index (χ0) is 14.5. The Hall–Kier alpha value is -1.55. The average Bonchev–Trinajstić information content (AvgIpc) is 2.48. The molecular weight excluding hydrogens is 299 g/mol. The molecule has 1 N–H and O–H groups in total. The molecular formula is C15H12Cl2O3. The third-order valence-corrected chi connectivity index (χ3v) is 3.42. The van der Waals surface area contributed by atoms with Crippen LogP contribution in [0.25, 0.3) is 0 Å². The first-order chi connectivity index (χ1) is 9.61. The molecule has 0 amide bonds. The molecule has 0 spiro atoms. The summed E-state index contributed by atoms with van der Waals surface area (Å²) in [6.07, 6.45) is -0.977. The van der Waals surface area contributed by atoms with E-state index in [0.717, 1.165) is 0 Å². The van der Waals surface area contributed by atoms with Crippen molar-refractivity contribution in [3.8, 4) is 5.75 Å². The van der Waals surface area contributed by atoms with E-state index in [0.29, 0.717) is 21.4 Å². The fraction of sp³-hybridized carbons (Fsp3) is 0.133. The van der Waals surface area contributed by atoms with Crippen molar-refractivity contribution in [2.75, 3.05) is 6.61 Å². The molecule has 2 rings (SSSR count). The molecule has 0 aliphatic rings. The van der Waals surface area contributed by atoms with Gasteiger partial charge < -0.3 is 9.84 Å². The molecule has 0 aromatic heterocycles. The van der Waals surface area contributed by atoms with Crippen LogP contribution in [0.2, 0.25) is 10.0 Å². The highest BCUT2D eigenvalue weighted by Crippen LogP contribution is 2.27. The Bertz CT molecular complexity index is 599. The Kier molecular flexibility index (Phi) is 5.01. The molecule has 2 aromatic rings. The number of hydrogen-bond donors (Lipinski definition) is 1. The number of ketones is 1. The highest BCUT2D eigenvalue weighted by molar-refractivity contribution is 6.42. The summed E-state index contributed by atoms with van der Waals surface area (Å²) in [6.45, 7) is -0.423. The molecule has 0 aliphatic carbocycles. The molecule has 1 unspecified atom stereocenters. The summed E-state index contributed by atoms with van der Waals surface area (Å²) in [4.78, 5) is 12.2. The van der Waals surface area contributed by atoms with Crippen molar-refractivity contribution < 1.29 is 14.6 Å². The number of halogens is 2. The Morgan fingerprint density at radius 2 is 1.80 bits per heavy atom. The van der Waals surface area contributed by atoms with Gasteiger partial charge in [0, 0.05) is 11.6 Å². The predicted octanol–water partition coefficient (Wildman–Crippen LogP) is 3.62. The Morgan fingerprint density at radius 1 is 1.10 bits per heavy atom. The van der Waals surface area contributed by atoms with E-state index in [2.05, 4.69) is 0 Å². The molecule has 0 radical (unpaired) electrons. The Balaban J connectivity index is 2.16. The second-order valence-corrected chi connectivity index (χ2v) is 4.91. The Labute approximate surface area is 126 Å². The summed E-state index contributed by atoms with van der Waals surface area (Å²) in [5.74, 6) is 0.0851. The maximum atomic E-state index is 12.2. The van der Waals surface area contributed by atoms with Crippen LogP contribution in [0, 0.1) is 0 Å². The van der Waals surface area contributed by atoms with Gasteiger partial charge in [0.1, 0.15) is 5.75 Å². The summed E-state index contributed by atoms with van der Waals surface area (Å²) in [5.41, 5.74) is 0.478. The first-order valence-electron chi connectivity index (χ1n) is 5.93. The van der Waals surface area contributed by atoms with Crippen LogP contribution < -0.4 is 4.74 Å². The van der Waals surface area contributed by atoms with Crippen LogP contribution in [0.15, 0.2) is 48.5 Å². The number of Topliss-reactive ketones (excluding diaryl/α,β-unsaturated/α-hetero) is 1. The lowest BCUT2D eigenvalue weighted by Gasteiger charge is -2.16. The topological polar surface area (TPSA) is 46.5 Å². The van der Waals surface area contributed by atoms with Gasteiger partial charge in [-0.15, -0.1) is 0 Å². The van der Waals surface area contributed by atoms with Crippen LogP contribution in [-0.2, 0) is 0 Å². The van der Waals surface area contributed by atoms with Crippen LogP contribution in [0.1, 0.15) is 10.4 Å². The maximum Gasteiger partial charge on any atom is 0.205 e. The monoisotopic (exact) mass is 310 g/mol. The number of aliphatic hydroxyl groups is 1. The van der Waals surface area contributed by atoms with Gasteiger partial charge in [0.05, 0.1) is 16.7 Å². The van der Waals surface area contributed by atoms with Gasteiger partial charge in [0.15, 0.2) is 6.10 Å². The lowest BCUT2D eigenvalue weighted by molar-refractivity contribution is 0.0659. The van der Waals surface area contributed by atoms with E-state index in [1.165, 1.54) is 6.07 Å². The number of carbonyl (C=O) groups is 1. The number of ether oxygens (including phenoxy) is 1. The molecule has 20 heavy (non-hydrogen) atoms. The van der Waals surface area contributed by atoms with Gasteiger partial charge in [-0.25, -0.2) is 0 Å². The second kappa shape index (κ2) is 6.75. The lowest BCUT2D eigenvalue weighted by atomic mass is 10.1. The van der Waals surface area contributed by atoms with E-state index in [9.17, 15) is 9.90 Å². The molecule has 0 aliphatic heterocycles. The van der Waals surface area contributed by atoms with Crippen LogP contribution >= 0.6 is 23.2 Å². The van der Waals surface area contributed by atoms with Crippen molar-refractivity contribution in [2.24, 2.45) is 0 Å². The average molecular weight is 311 g/mol. The van der Waals surface area contributed by atoms with Crippen molar-refractivity contribution >= 4 is 29.0 Å². The third kappa shape index (κ3) is 3.51. The summed E-state index contributed by atoms with van der Waals surface area (Å²) < 4.78 is 5.47. The number of benzene rings is 2. The highest BCUT2D eigenvalue weighted by atomic mass is 35.5. The van der Waals surface area contributed by atoms with E-state index in [4.69, 9.17) is 27.9 Å². The first kappa shape index (κ1) is 14.9. The second-order valence-electron chi connectivity index (χ2n) is 4.10. The maximum absolute atomic E-state index is 12.2. The quantitative estimate of drug-likeness (QED) is 0.858. The lowest BCUT2D eigenvalue weighted by Crippen LogP contribution is -2.31. The highest BCUT2D eigenvalue weighted by Gasteiger charge is 2.21. The van der Waals surface area contributed by atoms with E-state index in [1.54, 1.807) is 36.4 Å². The zero-order valence-corrected chi connectivity index (χ0v) is 11.9. The van der Waals surface area contributed by atoms with Gasteiger partial charge in [0.2, 0.25) is 5.78 Å². The van der Waals surface area contributed by atoms with Crippen LogP contribution in [0.4, 0.5) is 0 Å². The molecule has 3 nitrogen and oxygen atoms in total. The van der Waals surface area contributed by atoms with Gasteiger partial charge in [-0.05, 0) is 12.1 Å². The van der Waals surface area contributed by atoms with Crippen LogP contribution in [0.5, 0.6) is 5.75 Å². The summed E-state index contributed by atoms with van der Waals surface area (Å²) in [7, 11) is 0. The number of carbonyl (C=O) groups excluding carboxylic acids is 1. The number of rotatable bonds is 5. The molecule has 2 aromatic carbocycles. The van der Waals surface area contributed by atoms with Crippen LogP contribution in [-0.4, -0.2) is 23.6 Å². The molecule has 0 saturated heterocycles. The minimum absolute atomic E-state index is 0.292. The van der Waals surface area contributed by atoms with Gasteiger partial charge in [-0.1, -0.05) is 53.5 Å². The zero-order valence-electron chi connectivity index (χ0n) is 10.4. The van der Waals surface area contributed by atoms with E-state index in [-0.39, 0.29) is 5.78 Å². The fourth-order valence-electron chi connectivity index (χ4n) is 1.68. The van der Waals surface area contributed by atoms with E-state index < -0.39 is 12.7 Å². The van der Waals surface area contributed by atoms with Gasteiger partial charge in [0.25, 0.3) is 0 Å². The third-order valence-electron chi connectivity index (χ3n) is 2.69. The molecule has 0 heterocycles. The summed E-state index contributed by atoms with van der Waals surface area (Å²) >= 11 is 11.7. The van der Waals surface area contributed by atoms with Gasteiger partial charge in [-0.3, -0.25) is 4.79 Å². The standard InChI is InChI=1S/C15H12Cl2O3/c16-12-7-6-11(8-13(12)17)20-14(9-18)15(19)10-4-2-1-3-5-10/h1-8,14,18H,9H2. The SMILES string of the molecule is O=C(c1ccccc1)C(CO)Oc1ccc(Cl)c(Cl)c1. The van der Waals surface area contributed by atoms with Crippen LogP contribution in [0.3, 0.4) is 0 Å². The van der Waals surface area contributed by atoms with E-state index in [1.807, 2.05) is 6.07 Å². The molecule has 0 fully saturated rings. The van der Waals surface area contributed by atoms with Crippen molar-refractivity contribution in [1.29, 1.82) is 0 Å². The van der Waals surface area contributed by atoms with Crippen molar-refractivity contribution in [3.05, 3.63) is 64.1 Å². The van der Waals surface area contributed by atoms with Gasteiger partial charge in [-0.2, -0.15) is 0 Å². The summed E-state index contributed by atoms with van der Waals surface area (Å²) in [6, 6.07) is 13.3. The minimum atomic E-state index is -0.977. The summed E-state index contributed by atoms with van der Waals surface area (Å²) in [5, 5.41) is 10.1. The number of hydrogen-bond acceptors (Lipinski definition) is 3. The molecule has 1 atom stereocenters. The number of aliphatic hydroxyl groups excluding tert-OH is 1. The molecule has 0 saturated carbocycles. The predicted molar refractivity (Wildman–Crippen MR) is 78.7 cm³/mol.